The third kappa shape index (κ3) is 36.9. The van der Waals surface area contributed by atoms with Gasteiger partial charge in [0.05, 0.1) is 152 Å². The van der Waals surface area contributed by atoms with Crippen LogP contribution in [-0.4, -0.2) is 164 Å². The molecule has 13 nitrogen and oxygen atoms in total. The van der Waals surface area contributed by atoms with Crippen molar-refractivity contribution in [3.8, 4) is 5.75 Å². The molecule has 0 radical (unpaired) electrons. The van der Waals surface area contributed by atoms with Crippen molar-refractivity contribution >= 4 is 0 Å². The smallest absolute Gasteiger partial charge is 0.119 e. The molecule has 1 aromatic rings. The predicted octanol–water partition coefficient (Wildman–Crippen LogP) is 4.53. The SMILES string of the molecule is CCCCCCCCCc1ccc(OCCOCCOCCOCCOCCOCCOCCOCCOCCOCCOCCOCCO)cc1. The summed E-state index contributed by atoms with van der Waals surface area (Å²) < 4.78 is 65.7. The Kier molecular flexibility index (Phi) is 39.5. The van der Waals surface area contributed by atoms with E-state index in [1.165, 1.54) is 50.5 Å². The molecule has 1 rings (SSSR count). The molecular formula is C39H72O13. The second kappa shape index (κ2) is 42.3. The number of ether oxygens (including phenoxy) is 12. The van der Waals surface area contributed by atoms with Crippen LogP contribution in [0, 0.1) is 0 Å². The Labute approximate surface area is 314 Å². The highest BCUT2D eigenvalue weighted by molar-refractivity contribution is 5.27. The van der Waals surface area contributed by atoms with Crippen molar-refractivity contribution < 1.29 is 61.9 Å². The maximum absolute atomic E-state index is 8.59. The average Bonchev–Trinajstić information content (AvgIpc) is 3.16. The standard InChI is InChI=1S/C39H72O13/c1-2-3-4-5-6-7-8-9-38-10-12-39(13-11-38)52-37-36-51-35-34-50-33-32-49-31-30-48-29-28-47-27-26-46-25-24-45-23-22-44-21-20-43-19-18-42-17-16-41-15-14-40/h10-13,40H,2-9,14-37H2,1H3. The highest BCUT2D eigenvalue weighted by Gasteiger charge is 1.99. The Balaban J connectivity index is 1.68. The Morgan fingerprint density at radius 3 is 0.962 bits per heavy atom. The van der Waals surface area contributed by atoms with Gasteiger partial charge >= 0.3 is 0 Å². The first-order valence-corrected chi connectivity index (χ1v) is 19.5. The summed E-state index contributed by atoms with van der Waals surface area (Å²) in [6.45, 7) is 13.8. The Bertz CT molecular complexity index is 803. The maximum Gasteiger partial charge on any atom is 0.119 e. The van der Waals surface area contributed by atoms with Crippen molar-refractivity contribution in [2.75, 3.05) is 159 Å². The molecule has 0 unspecified atom stereocenters. The molecule has 0 amide bonds. The number of benzene rings is 1. The highest BCUT2D eigenvalue weighted by atomic mass is 16.6. The number of hydrogen-bond donors (Lipinski definition) is 1. The molecular weight excluding hydrogens is 676 g/mol. The lowest BCUT2D eigenvalue weighted by atomic mass is 10.0. The van der Waals surface area contributed by atoms with Gasteiger partial charge in [-0.25, -0.2) is 0 Å². The van der Waals surface area contributed by atoms with Crippen LogP contribution in [0.5, 0.6) is 5.75 Å². The first kappa shape index (κ1) is 48.6. The highest BCUT2D eigenvalue weighted by Crippen LogP contribution is 2.15. The fourth-order valence-corrected chi connectivity index (χ4v) is 4.62. The van der Waals surface area contributed by atoms with Gasteiger partial charge in [0.1, 0.15) is 12.4 Å². The van der Waals surface area contributed by atoms with E-state index >= 15 is 0 Å². The number of aliphatic hydroxyl groups is 1. The summed E-state index contributed by atoms with van der Waals surface area (Å²) in [4.78, 5) is 0. The molecule has 13 heteroatoms. The fourth-order valence-electron chi connectivity index (χ4n) is 4.62. The first-order chi connectivity index (χ1) is 25.9. The van der Waals surface area contributed by atoms with Gasteiger partial charge in [-0.1, -0.05) is 57.6 Å². The van der Waals surface area contributed by atoms with Crippen molar-refractivity contribution in [2.24, 2.45) is 0 Å². The molecule has 1 N–H and O–H groups in total. The number of unbranched alkanes of at least 4 members (excludes halogenated alkanes) is 6. The van der Waals surface area contributed by atoms with E-state index in [1.807, 2.05) is 0 Å². The van der Waals surface area contributed by atoms with Crippen LogP contribution >= 0.6 is 0 Å². The monoisotopic (exact) mass is 748 g/mol. The van der Waals surface area contributed by atoms with E-state index in [0.717, 1.165) is 12.2 Å². The lowest BCUT2D eigenvalue weighted by Gasteiger charge is -2.09. The molecule has 0 aromatic heterocycles. The van der Waals surface area contributed by atoms with Crippen molar-refractivity contribution in [3.05, 3.63) is 29.8 Å². The zero-order valence-corrected chi connectivity index (χ0v) is 32.3. The molecule has 306 valence electrons. The van der Waals surface area contributed by atoms with Gasteiger partial charge in [-0.2, -0.15) is 0 Å². The molecule has 0 bridgehead atoms. The van der Waals surface area contributed by atoms with Crippen molar-refractivity contribution in [2.45, 2.75) is 58.3 Å². The third-order valence-electron chi connectivity index (χ3n) is 7.44. The molecule has 0 atom stereocenters. The van der Waals surface area contributed by atoms with Crippen LogP contribution in [0.3, 0.4) is 0 Å². The Morgan fingerprint density at radius 1 is 0.346 bits per heavy atom. The largest absolute Gasteiger partial charge is 0.491 e. The topological polar surface area (TPSA) is 131 Å². The van der Waals surface area contributed by atoms with Crippen LogP contribution in [0.4, 0.5) is 0 Å². The molecule has 0 aliphatic rings. The molecule has 1 aromatic carbocycles. The van der Waals surface area contributed by atoms with Gasteiger partial charge in [-0.05, 0) is 30.5 Å². The van der Waals surface area contributed by atoms with Gasteiger partial charge in [0.25, 0.3) is 0 Å². The molecule has 0 saturated carbocycles. The van der Waals surface area contributed by atoms with E-state index in [0.29, 0.717) is 152 Å². The average molecular weight is 749 g/mol. The van der Waals surface area contributed by atoms with E-state index in [-0.39, 0.29) is 6.61 Å². The second-order valence-electron chi connectivity index (χ2n) is 11.8. The quantitative estimate of drug-likeness (QED) is 0.0939. The number of aliphatic hydroxyl groups excluding tert-OH is 1. The molecule has 0 saturated heterocycles. The van der Waals surface area contributed by atoms with Crippen LogP contribution in [0.2, 0.25) is 0 Å². The van der Waals surface area contributed by atoms with Crippen LogP contribution in [0.15, 0.2) is 24.3 Å². The lowest BCUT2D eigenvalue weighted by Crippen LogP contribution is -2.15. The van der Waals surface area contributed by atoms with Gasteiger partial charge in [-0.3, -0.25) is 0 Å². The maximum atomic E-state index is 8.59. The Morgan fingerprint density at radius 2 is 0.635 bits per heavy atom. The van der Waals surface area contributed by atoms with Gasteiger partial charge in [-0.15, -0.1) is 0 Å². The predicted molar refractivity (Wildman–Crippen MR) is 200 cm³/mol. The zero-order valence-electron chi connectivity index (χ0n) is 32.3. The Hall–Kier alpha value is -1.46. The van der Waals surface area contributed by atoms with E-state index in [9.17, 15) is 0 Å². The first-order valence-electron chi connectivity index (χ1n) is 19.5. The summed E-state index contributed by atoms with van der Waals surface area (Å²) in [6, 6.07) is 8.45. The summed E-state index contributed by atoms with van der Waals surface area (Å²) in [6.07, 6.45) is 10.5. The van der Waals surface area contributed by atoms with E-state index < -0.39 is 0 Å². The second-order valence-corrected chi connectivity index (χ2v) is 11.8. The summed E-state index contributed by atoms with van der Waals surface area (Å²) in [5.74, 6) is 0.885. The molecule has 0 aliphatic heterocycles. The van der Waals surface area contributed by atoms with Crippen molar-refractivity contribution in [3.63, 3.8) is 0 Å². The van der Waals surface area contributed by atoms with Crippen LogP contribution in [-0.2, 0) is 58.5 Å². The minimum Gasteiger partial charge on any atom is -0.491 e. The molecule has 0 fully saturated rings. The number of hydrogen-bond acceptors (Lipinski definition) is 13. The van der Waals surface area contributed by atoms with Crippen LogP contribution < -0.4 is 4.74 Å². The minimum atomic E-state index is 0.0254. The lowest BCUT2D eigenvalue weighted by molar-refractivity contribution is -0.0280. The number of aryl methyl sites for hydroxylation is 1. The van der Waals surface area contributed by atoms with E-state index in [1.54, 1.807) is 0 Å². The molecule has 52 heavy (non-hydrogen) atoms. The summed E-state index contributed by atoms with van der Waals surface area (Å²) in [5.41, 5.74) is 1.38. The van der Waals surface area contributed by atoms with Gasteiger partial charge in [0.2, 0.25) is 0 Å². The van der Waals surface area contributed by atoms with Crippen molar-refractivity contribution in [1.29, 1.82) is 0 Å². The van der Waals surface area contributed by atoms with E-state index in [2.05, 4.69) is 31.2 Å². The molecule has 0 aliphatic carbocycles. The normalized spacial score (nSPS) is 11.5. The van der Waals surface area contributed by atoms with Gasteiger partial charge < -0.3 is 61.9 Å². The van der Waals surface area contributed by atoms with E-state index in [4.69, 9.17) is 61.9 Å². The van der Waals surface area contributed by atoms with Crippen molar-refractivity contribution in [1.82, 2.24) is 0 Å². The van der Waals surface area contributed by atoms with Gasteiger partial charge in [0, 0.05) is 0 Å². The third-order valence-corrected chi connectivity index (χ3v) is 7.44. The van der Waals surface area contributed by atoms with Crippen LogP contribution in [0.1, 0.15) is 57.4 Å². The fraction of sp³-hybridized carbons (Fsp3) is 0.846. The van der Waals surface area contributed by atoms with Gasteiger partial charge in [0.15, 0.2) is 0 Å². The number of rotatable bonds is 44. The molecule has 0 spiro atoms. The minimum absolute atomic E-state index is 0.0254. The molecule has 0 heterocycles. The summed E-state index contributed by atoms with van der Waals surface area (Å²) in [7, 11) is 0. The zero-order chi connectivity index (χ0) is 37.1. The summed E-state index contributed by atoms with van der Waals surface area (Å²) >= 11 is 0. The van der Waals surface area contributed by atoms with Crippen LogP contribution in [0.25, 0.3) is 0 Å². The summed E-state index contributed by atoms with van der Waals surface area (Å²) in [5, 5.41) is 8.59.